The molecule has 0 radical (unpaired) electrons. The maximum atomic E-state index is 12.1. The van der Waals surface area contributed by atoms with E-state index in [9.17, 15) is 9.90 Å². The molecule has 1 aromatic heterocycles. The quantitative estimate of drug-likeness (QED) is 0.799. The fraction of sp³-hybridized carbons (Fsp3) is 0.769. The van der Waals surface area contributed by atoms with Crippen LogP contribution in [0.3, 0.4) is 0 Å². The molecule has 6 nitrogen and oxygen atoms in total. The van der Waals surface area contributed by atoms with Crippen molar-refractivity contribution in [3.63, 3.8) is 0 Å². The molecule has 1 aliphatic carbocycles. The Kier molecular flexibility index (Phi) is 5.04. The lowest BCUT2D eigenvalue weighted by Crippen LogP contribution is -2.40. The average Bonchev–Trinajstić information content (AvgIpc) is 2.82. The van der Waals surface area contributed by atoms with Crippen molar-refractivity contribution >= 4 is 17.7 Å². The van der Waals surface area contributed by atoms with Crippen LogP contribution in [0.15, 0.2) is 11.5 Å². The highest BCUT2D eigenvalue weighted by Gasteiger charge is 2.29. The Bertz CT molecular complexity index is 457. The van der Waals surface area contributed by atoms with E-state index in [0.717, 1.165) is 24.5 Å². The number of hydrogen-bond donors (Lipinski definition) is 1. The summed E-state index contributed by atoms with van der Waals surface area (Å²) in [5.74, 6) is 0.912. The first-order valence-electron chi connectivity index (χ1n) is 6.91. The van der Waals surface area contributed by atoms with Crippen LogP contribution in [0.25, 0.3) is 0 Å². The van der Waals surface area contributed by atoms with Gasteiger partial charge in [0.05, 0.1) is 11.9 Å². The van der Waals surface area contributed by atoms with Crippen molar-refractivity contribution in [2.75, 3.05) is 19.3 Å². The summed E-state index contributed by atoms with van der Waals surface area (Å²) in [6, 6.07) is 0.289. The van der Waals surface area contributed by atoms with E-state index >= 15 is 0 Å². The van der Waals surface area contributed by atoms with Gasteiger partial charge >= 0.3 is 0 Å². The van der Waals surface area contributed by atoms with Crippen LogP contribution < -0.4 is 0 Å². The molecule has 1 aliphatic rings. The molecule has 1 N–H and O–H groups in total. The lowest BCUT2D eigenvalue weighted by atomic mass is 9.82. The zero-order chi connectivity index (χ0) is 14.7. The number of aliphatic hydroxyl groups is 1. The molecule has 0 bridgehead atoms. The molecule has 20 heavy (non-hydrogen) atoms. The molecular formula is C13H22N4O2S. The predicted octanol–water partition coefficient (Wildman–Crippen LogP) is 1.18. The highest BCUT2D eigenvalue weighted by Crippen LogP contribution is 2.28. The van der Waals surface area contributed by atoms with Crippen LogP contribution >= 0.6 is 11.8 Å². The van der Waals surface area contributed by atoms with Crippen LogP contribution in [0.4, 0.5) is 0 Å². The maximum absolute atomic E-state index is 12.1. The summed E-state index contributed by atoms with van der Waals surface area (Å²) in [6.45, 7) is 4.85. The third kappa shape index (κ3) is 3.73. The molecule has 0 atom stereocenters. The molecule has 1 aromatic rings. The summed E-state index contributed by atoms with van der Waals surface area (Å²) in [5, 5.41) is 18.0. The summed E-state index contributed by atoms with van der Waals surface area (Å²) in [5.41, 5.74) is 0. The smallest absolute Gasteiger partial charge is 0.232 e. The molecule has 1 fully saturated rings. The Morgan fingerprint density at radius 1 is 1.60 bits per heavy atom. The molecule has 1 saturated carbocycles. The van der Waals surface area contributed by atoms with Gasteiger partial charge in [-0.25, -0.2) is 0 Å². The number of aliphatic hydroxyl groups excluding tert-OH is 1. The molecule has 0 aromatic carbocycles. The number of carbonyl (C=O) groups excluding carboxylic acids is 1. The van der Waals surface area contributed by atoms with Gasteiger partial charge in [0.1, 0.15) is 6.33 Å². The first-order chi connectivity index (χ1) is 9.47. The fourth-order valence-corrected chi connectivity index (χ4v) is 3.25. The van der Waals surface area contributed by atoms with Gasteiger partial charge in [-0.15, -0.1) is 10.2 Å². The number of amides is 1. The summed E-state index contributed by atoms with van der Waals surface area (Å²) in [4.78, 5) is 13.8. The highest BCUT2D eigenvalue weighted by atomic mass is 32.2. The first kappa shape index (κ1) is 15.3. The largest absolute Gasteiger partial charge is 0.393 e. The molecular weight excluding hydrogens is 276 g/mol. The minimum absolute atomic E-state index is 0.0923. The number of thioether (sulfide) groups is 1. The van der Waals surface area contributed by atoms with Crippen LogP contribution in [0.1, 0.15) is 32.7 Å². The molecule has 0 unspecified atom stereocenters. The number of aromatic nitrogens is 3. The van der Waals surface area contributed by atoms with Gasteiger partial charge in [-0.05, 0) is 32.6 Å². The minimum atomic E-state index is -0.164. The van der Waals surface area contributed by atoms with Crippen molar-refractivity contribution in [2.24, 2.45) is 5.92 Å². The van der Waals surface area contributed by atoms with Gasteiger partial charge in [-0.2, -0.15) is 0 Å². The molecule has 7 heteroatoms. The molecule has 112 valence electrons. The Labute approximate surface area is 123 Å². The normalized spacial score (nSPS) is 21.9. The second-order valence-electron chi connectivity index (χ2n) is 5.67. The van der Waals surface area contributed by atoms with Crippen molar-refractivity contribution in [3.05, 3.63) is 6.33 Å². The molecule has 1 heterocycles. The summed E-state index contributed by atoms with van der Waals surface area (Å²) in [6.07, 6.45) is 3.15. The van der Waals surface area contributed by atoms with Gasteiger partial charge in [0.25, 0.3) is 0 Å². The Hall–Kier alpha value is -1.08. The van der Waals surface area contributed by atoms with Crippen LogP contribution in [0, 0.1) is 5.92 Å². The maximum Gasteiger partial charge on any atom is 0.232 e. The zero-order valence-electron chi connectivity index (χ0n) is 12.2. The van der Waals surface area contributed by atoms with Crippen LogP contribution in [0.2, 0.25) is 0 Å². The van der Waals surface area contributed by atoms with Crippen molar-refractivity contribution in [1.29, 1.82) is 0 Å². The predicted molar refractivity (Wildman–Crippen MR) is 77.5 cm³/mol. The van der Waals surface area contributed by atoms with Crippen molar-refractivity contribution in [1.82, 2.24) is 19.7 Å². The number of nitrogens with zero attached hydrogens (tertiary/aromatic N) is 4. The third-order valence-electron chi connectivity index (χ3n) is 3.59. The second-order valence-corrected chi connectivity index (χ2v) is 6.61. The number of hydrogen-bond acceptors (Lipinski definition) is 5. The van der Waals surface area contributed by atoms with Gasteiger partial charge < -0.3 is 14.6 Å². The van der Waals surface area contributed by atoms with Gasteiger partial charge in [-0.3, -0.25) is 4.79 Å². The average molecular weight is 298 g/mol. The minimum Gasteiger partial charge on any atom is -0.393 e. The van der Waals surface area contributed by atoms with Crippen LogP contribution in [-0.4, -0.2) is 56.1 Å². The van der Waals surface area contributed by atoms with Crippen LogP contribution in [-0.2, 0) is 4.79 Å². The zero-order valence-corrected chi connectivity index (χ0v) is 13.0. The van der Waals surface area contributed by atoms with Crippen LogP contribution in [0.5, 0.6) is 0 Å². The van der Waals surface area contributed by atoms with E-state index in [2.05, 4.69) is 24.0 Å². The summed E-state index contributed by atoms with van der Waals surface area (Å²) < 4.78 is 1.96. The Balaban J connectivity index is 1.78. The van der Waals surface area contributed by atoms with E-state index in [1.165, 1.54) is 11.8 Å². The van der Waals surface area contributed by atoms with Crippen molar-refractivity contribution in [3.8, 4) is 0 Å². The van der Waals surface area contributed by atoms with Gasteiger partial charge in [0.15, 0.2) is 5.16 Å². The van der Waals surface area contributed by atoms with Gasteiger partial charge in [0, 0.05) is 19.6 Å². The summed E-state index contributed by atoms with van der Waals surface area (Å²) in [7, 11) is 1.82. The standard InChI is InChI=1S/C13H22N4O2S/c1-9(2)17-8-14-15-13(17)20-7-12(19)16(3)6-10-4-11(18)5-10/h8-11,18H,4-7H2,1-3H3. The van der Waals surface area contributed by atoms with Crippen molar-refractivity contribution in [2.45, 2.75) is 44.0 Å². The molecule has 2 rings (SSSR count). The highest BCUT2D eigenvalue weighted by molar-refractivity contribution is 7.99. The summed E-state index contributed by atoms with van der Waals surface area (Å²) >= 11 is 1.42. The van der Waals surface area contributed by atoms with E-state index in [1.807, 2.05) is 11.6 Å². The van der Waals surface area contributed by atoms with E-state index in [4.69, 9.17) is 0 Å². The monoisotopic (exact) mass is 298 g/mol. The molecule has 0 saturated heterocycles. The number of carbonyl (C=O) groups is 1. The molecule has 0 aliphatic heterocycles. The SMILES string of the molecule is CC(C)n1cnnc1SCC(=O)N(C)CC1CC(O)C1. The Morgan fingerprint density at radius 2 is 2.30 bits per heavy atom. The topological polar surface area (TPSA) is 71.2 Å². The third-order valence-corrected chi connectivity index (χ3v) is 4.53. The molecule has 0 spiro atoms. The first-order valence-corrected chi connectivity index (χ1v) is 7.90. The van der Waals surface area contributed by atoms with E-state index in [0.29, 0.717) is 11.7 Å². The van der Waals surface area contributed by atoms with E-state index in [1.54, 1.807) is 11.2 Å². The van der Waals surface area contributed by atoms with Crippen molar-refractivity contribution < 1.29 is 9.90 Å². The van der Waals surface area contributed by atoms with Gasteiger partial charge in [-0.1, -0.05) is 11.8 Å². The Morgan fingerprint density at radius 3 is 2.90 bits per heavy atom. The molecule has 1 amide bonds. The van der Waals surface area contributed by atoms with E-state index < -0.39 is 0 Å². The fourth-order valence-electron chi connectivity index (χ4n) is 2.26. The second kappa shape index (κ2) is 6.58. The van der Waals surface area contributed by atoms with E-state index in [-0.39, 0.29) is 18.1 Å². The lowest BCUT2D eigenvalue weighted by molar-refractivity contribution is -0.128. The van der Waals surface area contributed by atoms with Gasteiger partial charge in [0.2, 0.25) is 5.91 Å². The number of rotatable bonds is 6. The lowest BCUT2D eigenvalue weighted by Gasteiger charge is -2.34.